The second-order valence-corrected chi connectivity index (χ2v) is 10.2. The molecule has 0 N–H and O–H groups in total. The molecular formula is C19H36BNO2. The van der Waals surface area contributed by atoms with Gasteiger partial charge in [0.15, 0.2) is 0 Å². The van der Waals surface area contributed by atoms with Gasteiger partial charge in [-0.2, -0.15) is 0 Å². The third-order valence-electron chi connectivity index (χ3n) is 7.08. The van der Waals surface area contributed by atoms with Crippen LogP contribution in [0.3, 0.4) is 0 Å². The summed E-state index contributed by atoms with van der Waals surface area (Å²) in [7, 11) is -0.0159. The van der Waals surface area contributed by atoms with Gasteiger partial charge in [-0.1, -0.05) is 0 Å². The molecule has 3 aliphatic rings. The van der Waals surface area contributed by atoms with Crippen LogP contribution in [0.25, 0.3) is 0 Å². The Morgan fingerprint density at radius 3 is 2.09 bits per heavy atom. The zero-order chi connectivity index (χ0) is 17.2. The van der Waals surface area contributed by atoms with Crippen molar-refractivity contribution < 1.29 is 9.31 Å². The number of likely N-dealkylation sites (tertiary alicyclic amines) is 1. The molecule has 0 aromatic carbocycles. The monoisotopic (exact) mass is 321 g/mol. The minimum Gasteiger partial charge on any atom is -0.403 e. The second kappa shape index (κ2) is 5.47. The van der Waals surface area contributed by atoms with E-state index in [2.05, 4.69) is 60.3 Å². The highest BCUT2D eigenvalue weighted by atomic mass is 16.7. The molecule has 3 fully saturated rings. The highest BCUT2D eigenvalue weighted by Crippen LogP contribution is 2.49. The van der Waals surface area contributed by atoms with Gasteiger partial charge in [0.2, 0.25) is 0 Å². The zero-order valence-electron chi connectivity index (χ0n) is 16.5. The molecule has 0 aromatic rings. The first kappa shape index (κ1) is 17.8. The molecule has 3 nitrogen and oxygen atoms in total. The summed E-state index contributed by atoms with van der Waals surface area (Å²) in [5, 5.41) is 0. The van der Waals surface area contributed by atoms with Crippen molar-refractivity contribution in [2.24, 2.45) is 17.8 Å². The molecule has 3 rings (SSSR count). The largest absolute Gasteiger partial charge is 0.458 e. The summed E-state index contributed by atoms with van der Waals surface area (Å²) < 4.78 is 12.4. The van der Waals surface area contributed by atoms with Crippen LogP contribution >= 0.6 is 0 Å². The van der Waals surface area contributed by atoms with E-state index in [9.17, 15) is 0 Å². The normalized spacial score (nSPS) is 39.9. The van der Waals surface area contributed by atoms with Gasteiger partial charge in [-0.3, -0.25) is 4.90 Å². The van der Waals surface area contributed by atoms with Crippen molar-refractivity contribution in [1.82, 2.24) is 4.90 Å². The van der Waals surface area contributed by atoms with Crippen LogP contribution in [0.2, 0.25) is 6.32 Å². The van der Waals surface area contributed by atoms with Crippen LogP contribution in [0, 0.1) is 17.8 Å². The number of fused-ring (bicyclic) bond motifs is 1. The van der Waals surface area contributed by atoms with Crippen LogP contribution < -0.4 is 0 Å². The predicted octanol–water partition coefficient (Wildman–Crippen LogP) is 4.22. The van der Waals surface area contributed by atoms with Crippen molar-refractivity contribution in [2.75, 3.05) is 6.54 Å². The molecule has 23 heavy (non-hydrogen) atoms. The minimum atomic E-state index is -0.192. The number of hydrogen-bond donors (Lipinski definition) is 0. The van der Waals surface area contributed by atoms with Gasteiger partial charge >= 0.3 is 7.12 Å². The maximum Gasteiger partial charge on any atom is 0.458 e. The Morgan fingerprint density at radius 1 is 1.04 bits per heavy atom. The summed E-state index contributed by atoms with van der Waals surface area (Å²) in [6.07, 6.45) is 3.77. The molecule has 4 atom stereocenters. The Hall–Kier alpha value is -0.0551. The molecule has 2 saturated heterocycles. The molecule has 2 heterocycles. The summed E-state index contributed by atoms with van der Waals surface area (Å²) in [4.78, 5) is 2.72. The van der Waals surface area contributed by atoms with Gasteiger partial charge in [0, 0.05) is 18.1 Å². The summed E-state index contributed by atoms with van der Waals surface area (Å²) >= 11 is 0. The fourth-order valence-electron chi connectivity index (χ4n) is 5.14. The van der Waals surface area contributed by atoms with Gasteiger partial charge in [-0.25, -0.2) is 0 Å². The standard InChI is InChI=1S/C19H36BNO2/c1-13-16-10-14(9-15(16)12-21(13)17(2,3)4)11-20-22-18(5,6)19(7,8)23-20/h13-16H,9-12H2,1-8H3/t13?,14?,15-,16+/m1/s1. The second-order valence-electron chi connectivity index (χ2n) is 10.2. The average molecular weight is 321 g/mol. The molecule has 4 heteroatoms. The number of hydrogen-bond acceptors (Lipinski definition) is 3. The van der Waals surface area contributed by atoms with Crippen LogP contribution in [0.1, 0.15) is 68.2 Å². The fraction of sp³-hybridized carbons (Fsp3) is 1.00. The first-order valence-electron chi connectivity index (χ1n) is 9.53. The van der Waals surface area contributed by atoms with Crippen molar-refractivity contribution in [1.29, 1.82) is 0 Å². The maximum absolute atomic E-state index is 6.22. The summed E-state index contributed by atoms with van der Waals surface area (Å²) in [5.41, 5.74) is -0.0874. The molecule has 0 spiro atoms. The molecule has 0 amide bonds. The lowest BCUT2D eigenvalue weighted by atomic mass is 9.76. The smallest absolute Gasteiger partial charge is 0.403 e. The van der Waals surface area contributed by atoms with Crippen molar-refractivity contribution in [3.05, 3.63) is 0 Å². The van der Waals surface area contributed by atoms with Gasteiger partial charge in [0.25, 0.3) is 0 Å². The third-order valence-corrected chi connectivity index (χ3v) is 7.08. The SMILES string of the molecule is CC1[C@@H]2CC(CB3OC(C)(C)C(C)(C)O3)C[C@@H]2CN1C(C)(C)C. The highest BCUT2D eigenvalue weighted by molar-refractivity contribution is 6.45. The van der Waals surface area contributed by atoms with Gasteiger partial charge in [-0.05, 0) is 92.3 Å². The minimum absolute atomic E-state index is 0.0159. The Bertz CT molecular complexity index is 441. The van der Waals surface area contributed by atoms with Crippen LogP contribution in [-0.2, 0) is 9.31 Å². The topological polar surface area (TPSA) is 21.7 Å². The summed E-state index contributed by atoms with van der Waals surface area (Å²) in [5.74, 6) is 2.50. The van der Waals surface area contributed by atoms with E-state index < -0.39 is 0 Å². The molecular weight excluding hydrogens is 285 g/mol. The van der Waals surface area contributed by atoms with Gasteiger partial charge < -0.3 is 9.31 Å². The van der Waals surface area contributed by atoms with Crippen LogP contribution in [-0.4, -0.2) is 41.3 Å². The number of nitrogens with zero attached hydrogens (tertiary/aromatic N) is 1. The van der Waals surface area contributed by atoms with Crippen molar-refractivity contribution >= 4 is 7.12 Å². The van der Waals surface area contributed by atoms with E-state index in [0.717, 1.165) is 24.1 Å². The Labute approximate surface area is 143 Å². The Morgan fingerprint density at radius 2 is 1.61 bits per heavy atom. The maximum atomic E-state index is 6.22. The highest BCUT2D eigenvalue weighted by Gasteiger charge is 2.53. The molecule has 0 aromatic heterocycles. The molecule has 1 aliphatic carbocycles. The van der Waals surface area contributed by atoms with Gasteiger partial charge in [0.1, 0.15) is 0 Å². The first-order valence-corrected chi connectivity index (χ1v) is 9.53. The van der Waals surface area contributed by atoms with Crippen molar-refractivity contribution in [3.63, 3.8) is 0 Å². The molecule has 0 radical (unpaired) electrons. The van der Waals surface area contributed by atoms with E-state index in [4.69, 9.17) is 9.31 Å². The fourth-order valence-corrected chi connectivity index (χ4v) is 5.14. The summed E-state index contributed by atoms with van der Waals surface area (Å²) in [6, 6.07) is 0.711. The number of rotatable bonds is 2. The molecule has 132 valence electrons. The van der Waals surface area contributed by atoms with Crippen LogP contribution in [0.15, 0.2) is 0 Å². The predicted molar refractivity (Wildman–Crippen MR) is 96.5 cm³/mol. The quantitative estimate of drug-likeness (QED) is 0.711. The molecule has 1 saturated carbocycles. The molecule has 0 bridgehead atoms. The van der Waals surface area contributed by atoms with Crippen molar-refractivity contribution in [3.8, 4) is 0 Å². The summed E-state index contributed by atoms with van der Waals surface area (Å²) in [6.45, 7) is 19.4. The lowest BCUT2D eigenvalue weighted by Gasteiger charge is -2.37. The Kier molecular flexibility index (Phi) is 4.22. The van der Waals surface area contributed by atoms with Gasteiger partial charge in [0.05, 0.1) is 11.2 Å². The van der Waals surface area contributed by atoms with E-state index in [1.54, 1.807) is 0 Å². The van der Waals surface area contributed by atoms with Crippen LogP contribution in [0.5, 0.6) is 0 Å². The van der Waals surface area contributed by atoms with E-state index in [0.29, 0.717) is 11.6 Å². The van der Waals surface area contributed by atoms with Gasteiger partial charge in [-0.15, -0.1) is 0 Å². The molecule has 2 aliphatic heterocycles. The first-order chi connectivity index (χ1) is 10.4. The third kappa shape index (κ3) is 3.11. The van der Waals surface area contributed by atoms with Crippen LogP contribution in [0.4, 0.5) is 0 Å². The molecule has 2 unspecified atom stereocenters. The lowest BCUT2D eigenvalue weighted by molar-refractivity contribution is 0.00578. The Balaban J connectivity index is 1.57. The van der Waals surface area contributed by atoms with Crippen molar-refractivity contribution in [2.45, 2.75) is 97.3 Å². The zero-order valence-corrected chi connectivity index (χ0v) is 16.5. The van der Waals surface area contributed by atoms with E-state index in [1.165, 1.54) is 19.4 Å². The van der Waals surface area contributed by atoms with E-state index in [1.807, 2.05) is 0 Å². The average Bonchev–Trinajstić information content (AvgIpc) is 2.92. The lowest BCUT2D eigenvalue weighted by Crippen LogP contribution is -2.45. The van der Waals surface area contributed by atoms with E-state index >= 15 is 0 Å². The van der Waals surface area contributed by atoms with E-state index in [-0.39, 0.29) is 18.3 Å².